The lowest BCUT2D eigenvalue weighted by atomic mass is 10.3. The lowest BCUT2D eigenvalue weighted by molar-refractivity contribution is -0.154. The van der Waals surface area contributed by atoms with Gasteiger partial charge in [0.05, 0.1) is 26.6 Å². The molecule has 0 aromatic heterocycles. The summed E-state index contributed by atoms with van der Waals surface area (Å²) in [4.78, 5) is 21.8. The summed E-state index contributed by atoms with van der Waals surface area (Å²) in [7, 11) is 1.16. The Morgan fingerprint density at radius 2 is 1.89 bits per heavy atom. The summed E-state index contributed by atoms with van der Waals surface area (Å²) < 4.78 is 46.5. The summed E-state index contributed by atoms with van der Waals surface area (Å²) in [6, 6.07) is 0. The number of hydrogen-bond donors (Lipinski definition) is 0. The molecule has 0 bridgehead atoms. The molecule has 0 fully saturated rings. The quantitative estimate of drug-likeness (QED) is 0.672. The first kappa shape index (κ1) is 17.1. The Kier molecular flexibility index (Phi) is 7.81. The highest BCUT2D eigenvalue weighted by Gasteiger charge is 2.41. The highest BCUT2D eigenvalue weighted by Crippen LogP contribution is 2.33. The van der Waals surface area contributed by atoms with Crippen molar-refractivity contribution in [1.82, 2.24) is 0 Å². The van der Waals surface area contributed by atoms with Gasteiger partial charge in [-0.15, -0.1) is 11.8 Å². The average Bonchev–Trinajstić information content (AvgIpc) is 2.26. The number of rotatable bonds is 7. The monoisotopic (exact) mass is 288 g/mol. The Hall–Kier alpha value is -0.920. The first-order valence-electron chi connectivity index (χ1n) is 5.22. The lowest BCUT2D eigenvalue weighted by Gasteiger charge is -2.18. The van der Waals surface area contributed by atoms with Gasteiger partial charge in [-0.25, -0.2) is 0 Å². The number of ether oxygens (including phenoxy) is 2. The number of thioether (sulfide) groups is 1. The van der Waals surface area contributed by atoms with Crippen molar-refractivity contribution >= 4 is 23.7 Å². The van der Waals surface area contributed by atoms with Gasteiger partial charge in [0, 0.05) is 5.75 Å². The Balaban J connectivity index is 4.25. The minimum Gasteiger partial charge on any atom is -0.469 e. The van der Waals surface area contributed by atoms with Gasteiger partial charge in [-0.05, 0) is 6.92 Å². The molecular weight excluding hydrogens is 273 g/mol. The fourth-order valence-corrected chi connectivity index (χ4v) is 2.04. The van der Waals surface area contributed by atoms with Crippen molar-refractivity contribution in [1.29, 1.82) is 0 Å². The molecule has 0 radical (unpaired) electrons. The smallest absolute Gasteiger partial charge is 0.401 e. The van der Waals surface area contributed by atoms with E-state index < -0.39 is 29.8 Å². The fraction of sp³-hybridized carbons (Fsp3) is 0.800. The third kappa shape index (κ3) is 7.41. The second kappa shape index (κ2) is 8.23. The van der Waals surface area contributed by atoms with E-state index in [1.807, 2.05) is 0 Å². The Morgan fingerprint density at radius 3 is 2.33 bits per heavy atom. The van der Waals surface area contributed by atoms with E-state index in [0.29, 0.717) is 11.8 Å². The summed E-state index contributed by atoms with van der Waals surface area (Å²) in [5, 5.41) is -1.86. The Labute approximate surface area is 107 Å². The lowest BCUT2D eigenvalue weighted by Crippen LogP contribution is -2.29. The summed E-state index contributed by atoms with van der Waals surface area (Å²) in [5.41, 5.74) is 0. The van der Waals surface area contributed by atoms with Crippen molar-refractivity contribution in [3.63, 3.8) is 0 Å². The third-order valence-electron chi connectivity index (χ3n) is 1.88. The molecule has 0 rings (SSSR count). The van der Waals surface area contributed by atoms with E-state index in [1.54, 1.807) is 0 Å². The average molecular weight is 288 g/mol. The number of carbonyl (C=O) groups excluding carboxylic acids is 2. The Morgan fingerprint density at radius 1 is 1.28 bits per heavy atom. The van der Waals surface area contributed by atoms with Crippen molar-refractivity contribution in [2.24, 2.45) is 0 Å². The van der Waals surface area contributed by atoms with E-state index in [1.165, 1.54) is 6.92 Å². The van der Waals surface area contributed by atoms with Crippen LogP contribution in [0.3, 0.4) is 0 Å². The maximum atomic E-state index is 12.6. The summed E-state index contributed by atoms with van der Waals surface area (Å²) >= 11 is 0.500. The normalized spacial score (nSPS) is 12.9. The molecule has 4 nitrogen and oxygen atoms in total. The second-order valence-electron chi connectivity index (χ2n) is 3.24. The number of alkyl halides is 3. The van der Waals surface area contributed by atoms with Crippen molar-refractivity contribution in [2.45, 2.75) is 31.2 Å². The summed E-state index contributed by atoms with van der Waals surface area (Å²) in [6.07, 6.45) is -5.38. The molecule has 1 unspecified atom stereocenters. The molecule has 0 saturated carbocycles. The SMILES string of the molecule is CCOC(=O)CC(SCCC(=O)OC)C(F)(F)F. The number of hydrogen-bond acceptors (Lipinski definition) is 5. The van der Waals surface area contributed by atoms with Crippen molar-refractivity contribution in [2.75, 3.05) is 19.5 Å². The van der Waals surface area contributed by atoms with Crippen LogP contribution in [0.2, 0.25) is 0 Å². The molecule has 0 spiro atoms. The zero-order valence-corrected chi connectivity index (χ0v) is 10.9. The van der Waals surface area contributed by atoms with E-state index in [0.717, 1.165) is 7.11 Å². The van der Waals surface area contributed by atoms with Gasteiger partial charge >= 0.3 is 18.1 Å². The minimum atomic E-state index is -4.51. The molecule has 0 amide bonds. The molecule has 0 aromatic carbocycles. The van der Waals surface area contributed by atoms with Crippen LogP contribution in [0.15, 0.2) is 0 Å². The maximum absolute atomic E-state index is 12.6. The largest absolute Gasteiger partial charge is 0.469 e. The topological polar surface area (TPSA) is 52.6 Å². The number of methoxy groups -OCH3 is 1. The van der Waals surface area contributed by atoms with E-state index >= 15 is 0 Å². The minimum absolute atomic E-state index is 0.0379. The molecule has 0 aliphatic carbocycles. The zero-order chi connectivity index (χ0) is 14.2. The highest BCUT2D eigenvalue weighted by molar-refractivity contribution is 8.00. The molecule has 0 aliphatic rings. The summed E-state index contributed by atoms with van der Waals surface area (Å²) in [6.45, 7) is 1.56. The van der Waals surface area contributed by atoms with Crippen LogP contribution in [0.25, 0.3) is 0 Å². The van der Waals surface area contributed by atoms with Gasteiger partial charge < -0.3 is 9.47 Å². The molecule has 8 heteroatoms. The van der Waals surface area contributed by atoms with Crippen LogP contribution in [0.1, 0.15) is 19.8 Å². The van der Waals surface area contributed by atoms with Crippen LogP contribution < -0.4 is 0 Å². The van der Waals surface area contributed by atoms with Crippen molar-refractivity contribution < 1.29 is 32.2 Å². The van der Waals surface area contributed by atoms with Gasteiger partial charge in [0.25, 0.3) is 0 Å². The first-order chi connectivity index (χ1) is 8.31. The fourth-order valence-electron chi connectivity index (χ4n) is 1.03. The molecule has 0 heterocycles. The first-order valence-corrected chi connectivity index (χ1v) is 6.26. The van der Waals surface area contributed by atoms with Gasteiger partial charge in [0.1, 0.15) is 5.25 Å². The van der Waals surface area contributed by atoms with Crippen LogP contribution in [-0.2, 0) is 19.1 Å². The predicted octanol–water partition coefficient (Wildman–Crippen LogP) is 2.17. The maximum Gasteiger partial charge on any atom is 0.401 e. The zero-order valence-electron chi connectivity index (χ0n) is 10.1. The number of esters is 2. The molecular formula is C10H15F3O4S. The molecule has 0 aromatic rings. The van der Waals surface area contributed by atoms with Crippen LogP contribution >= 0.6 is 11.8 Å². The molecule has 106 valence electrons. The van der Waals surface area contributed by atoms with Gasteiger partial charge in [-0.1, -0.05) is 0 Å². The Bertz CT molecular complexity index is 281. The molecule has 0 saturated heterocycles. The van der Waals surface area contributed by atoms with Crippen molar-refractivity contribution in [3.05, 3.63) is 0 Å². The molecule has 1 atom stereocenters. The van der Waals surface area contributed by atoms with Gasteiger partial charge in [-0.2, -0.15) is 13.2 Å². The predicted molar refractivity (Wildman–Crippen MR) is 60.2 cm³/mol. The molecule has 18 heavy (non-hydrogen) atoms. The number of halogens is 3. The standard InChI is InChI=1S/C10H15F3O4S/c1-3-17-9(15)6-7(10(11,12)13)18-5-4-8(14)16-2/h7H,3-6H2,1-2H3. The van der Waals surface area contributed by atoms with Gasteiger partial charge in [0.15, 0.2) is 0 Å². The van der Waals surface area contributed by atoms with Crippen molar-refractivity contribution in [3.8, 4) is 0 Å². The van der Waals surface area contributed by atoms with E-state index in [-0.39, 0.29) is 18.8 Å². The van der Waals surface area contributed by atoms with E-state index in [9.17, 15) is 22.8 Å². The van der Waals surface area contributed by atoms with Crippen LogP contribution in [0, 0.1) is 0 Å². The highest BCUT2D eigenvalue weighted by atomic mass is 32.2. The summed E-state index contributed by atoms with van der Waals surface area (Å²) in [5.74, 6) is -1.54. The molecule has 0 aliphatic heterocycles. The van der Waals surface area contributed by atoms with E-state index in [4.69, 9.17) is 0 Å². The van der Waals surface area contributed by atoms with Crippen LogP contribution in [-0.4, -0.2) is 42.8 Å². The van der Waals surface area contributed by atoms with Gasteiger partial charge in [-0.3, -0.25) is 9.59 Å². The molecule has 0 N–H and O–H groups in total. The van der Waals surface area contributed by atoms with Crippen LogP contribution in [0.4, 0.5) is 13.2 Å². The van der Waals surface area contributed by atoms with E-state index in [2.05, 4.69) is 9.47 Å². The second-order valence-corrected chi connectivity index (χ2v) is 4.55. The van der Waals surface area contributed by atoms with Gasteiger partial charge in [0.2, 0.25) is 0 Å². The number of carbonyl (C=O) groups is 2. The van der Waals surface area contributed by atoms with Crippen LogP contribution in [0.5, 0.6) is 0 Å². The third-order valence-corrected chi connectivity index (χ3v) is 3.15.